The maximum Gasteiger partial charge on any atom is 0.320 e. The van der Waals surface area contributed by atoms with Crippen LogP contribution in [0.5, 0.6) is 0 Å². The van der Waals surface area contributed by atoms with Gasteiger partial charge in [-0.25, -0.2) is 0 Å². The van der Waals surface area contributed by atoms with E-state index < -0.39 is 12.0 Å². The minimum Gasteiger partial charge on any atom is -0.480 e. The summed E-state index contributed by atoms with van der Waals surface area (Å²) in [6.45, 7) is 11.1. The molecule has 0 aromatic heterocycles. The normalized spacial score (nSPS) is 19.0. The molecule has 0 saturated carbocycles. The summed E-state index contributed by atoms with van der Waals surface area (Å²) in [5.74, 6) is -0.977. The number of carbonyl (C=O) groups is 1. The first-order chi connectivity index (χ1) is 14.0. The highest BCUT2D eigenvalue weighted by Crippen LogP contribution is 2.40. The van der Waals surface area contributed by atoms with Crippen LogP contribution in [0, 0.1) is 10.8 Å². The van der Waals surface area contributed by atoms with Gasteiger partial charge in [0, 0.05) is 12.1 Å². The Bertz CT molecular complexity index is 764. The molecule has 0 bridgehead atoms. The highest BCUT2D eigenvalue weighted by Gasteiger charge is 2.26. The van der Waals surface area contributed by atoms with Crippen LogP contribution >= 0.6 is 0 Å². The topological polar surface area (TPSA) is 87.2 Å². The standard InChI is InChI=1S/C26H40N2O2/c1-19(14-16-22(27)12-7-13-24(28)25(29)30)9-6-10-20(2)15-17-23-21(3)11-8-18-26(23,4)5/h6,9-10,14-15,17,24,27H,7-8,11-13,16,18,28H2,1-5H3,(H,29,30)/t24-/m0/s1. The van der Waals surface area contributed by atoms with Gasteiger partial charge >= 0.3 is 5.97 Å². The molecule has 1 aliphatic rings. The molecular weight excluding hydrogens is 372 g/mol. The van der Waals surface area contributed by atoms with Crippen molar-refractivity contribution in [1.29, 1.82) is 5.41 Å². The van der Waals surface area contributed by atoms with Crippen molar-refractivity contribution in [2.75, 3.05) is 0 Å². The fourth-order valence-corrected chi connectivity index (χ4v) is 3.75. The Morgan fingerprint density at radius 3 is 2.60 bits per heavy atom. The van der Waals surface area contributed by atoms with Crippen molar-refractivity contribution in [2.24, 2.45) is 11.1 Å². The lowest BCUT2D eigenvalue weighted by molar-refractivity contribution is -0.138. The van der Waals surface area contributed by atoms with Crippen LogP contribution in [0.1, 0.15) is 79.6 Å². The molecule has 0 aliphatic heterocycles. The highest BCUT2D eigenvalue weighted by atomic mass is 16.4. The van der Waals surface area contributed by atoms with Crippen molar-refractivity contribution in [2.45, 2.75) is 85.6 Å². The van der Waals surface area contributed by atoms with Gasteiger partial charge in [-0.1, -0.05) is 67.0 Å². The summed E-state index contributed by atoms with van der Waals surface area (Å²) < 4.78 is 0. The molecule has 4 N–H and O–H groups in total. The Balaban J connectivity index is 2.51. The summed E-state index contributed by atoms with van der Waals surface area (Å²) in [6.07, 6.45) is 18.7. The fraction of sp³-hybridized carbons (Fsp3) is 0.538. The van der Waals surface area contributed by atoms with Crippen LogP contribution in [0.25, 0.3) is 0 Å². The summed E-state index contributed by atoms with van der Waals surface area (Å²) in [7, 11) is 0. The van der Waals surface area contributed by atoms with Crippen molar-refractivity contribution >= 4 is 11.7 Å². The largest absolute Gasteiger partial charge is 0.480 e. The van der Waals surface area contributed by atoms with E-state index in [1.165, 1.54) is 36.0 Å². The Morgan fingerprint density at radius 2 is 1.97 bits per heavy atom. The number of nitrogens with one attached hydrogen (secondary N) is 1. The number of hydrogen-bond donors (Lipinski definition) is 3. The maximum atomic E-state index is 10.7. The van der Waals surface area contributed by atoms with Gasteiger partial charge in [0.25, 0.3) is 0 Å². The molecule has 0 fully saturated rings. The zero-order valence-corrected chi connectivity index (χ0v) is 19.4. The smallest absolute Gasteiger partial charge is 0.320 e. The molecule has 30 heavy (non-hydrogen) atoms. The molecule has 4 nitrogen and oxygen atoms in total. The van der Waals surface area contributed by atoms with Gasteiger partial charge in [0.05, 0.1) is 0 Å². The minimum atomic E-state index is -0.977. The van der Waals surface area contributed by atoms with Crippen LogP contribution in [0.4, 0.5) is 0 Å². The predicted octanol–water partition coefficient (Wildman–Crippen LogP) is 6.51. The summed E-state index contributed by atoms with van der Waals surface area (Å²) in [5.41, 5.74) is 11.7. The van der Waals surface area contributed by atoms with E-state index in [0.29, 0.717) is 31.4 Å². The first-order valence-corrected chi connectivity index (χ1v) is 11.0. The minimum absolute atomic E-state index is 0.261. The Morgan fingerprint density at radius 1 is 1.27 bits per heavy atom. The van der Waals surface area contributed by atoms with Crippen LogP contribution in [0.3, 0.4) is 0 Å². The van der Waals surface area contributed by atoms with Gasteiger partial charge in [-0.15, -0.1) is 0 Å². The van der Waals surface area contributed by atoms with Gasteiger partial charge in [0.15, 0.2) is 0 Å². The van der Waals surface area contributed by atoms with Crippen LogP contribution in [0.15, 0.2) is 58.7 Å². The number of hydrogen-bond acceptors (Lipinski definition) is 3. The van der Waals surface area contributed by atoms with Crippen molar-refractivity contribution in [1.82, 2.24) is 0 Å². The number of allylic oxidation sites excluding steroid dienone is 10. The number of aliphatic carboxylic acids is 1. The molecule has 0 heterocycles. The third-order valence-electron chi connectivity index (χ3n) is 5.75. The summed E-state index contributed by atoms with van der Waals surface area (Å²) in [6, 6.07) is -0.827. The third kappa shape index (κ3) is 9.53. The lowest BCUT2D eigenvalue weighted by Gasteiger charge is -2.32. The average Bonchev–Trinajstić information content (AvgIpc) is 2.65. The van der Waals surface area contributed by atoms with Crippen molar-refractivity contribution in [3.63, 3.8) is 0 Å². The number of rotatable bonds is 11. The molecule has 1 aliphatic carbocycles. The van der Waals surface area contributed by atoms with Gasteiger partial charge in [0.2, 0.25) is 0 Å². The molecule has 0 spiro atoms. The van der Waals surface area contributed by atoms with Gasteiger partial charge in [-0.2, -0.15) is 0 Å². The maximum absolute atomic E-state index is 10.7. The molecule has 0 saturated heterocycles. The van der Waals surface area contributed by atoms with Crippen molar-refractivity contribution in [3.8, 4) is 0 Å². The summed E-state index contributed by atoms with van der Waals surface area (Å²) in [5, 5.41) is 16.8. The van der Waals surface area contributed by atoms with Gasteiger partial charge in [-0.05, 0) is 70.3 Å². The number of nitrogens with two attached hydrogens (primary N) is 1. The Labute approximate surface area is 182 Å². The van der Waals surface area contributed by atoms with E-state index in [1.54, 1.807) is 0 Å². The van der Waals surface area contributed by atoms with E-state index in [1.807, 2.05) is 19.1 Å². The number of carboxylic acid groups (broad SMARTS) is 1. The Hall–Kier alpha value is -2.20. The molecule has 0 amide bonds. The Kier molecular flexibility index (Phi) is 10.8. The molecule has 166 valence electrons. The van der Waals surface area contributed by atoms with Crippen molar-refractivity contribution < 1.29 is 9.90 Å². The van der Waals surface area contributed by atoms with Crippen LogP contribution in [-0.4, -0.2) is 22.8 Å². The van der Waals surface area contributed by atoms with E-state index in [9.17, 15) is 4.79 Å². The first-order valence-electron chi connectivity index (χ1n) is 11.0. The fourth-order valence-electron chi connectivity index (χ4n) is 3.75. The molecule has 0 aromatic rings. The number of carboxylic acids is 1. The molecule has 0 aromatic carbocycles. The second-order valence-electron chi connectivity index (χ2n) is 9.13. The monoisotopic (exact) mass is 412 g/mol. The second kappa shape index (κ2) is 12.5. The summed E-state index contributed by atoms with van der Waals surface area (Å²) in [4.78, 5) is 10.7. The molecular formula is C26H40N2O2. The van der Waals surface area contributed by atoms with E-state index in [-0.39, 0.29) is 5.41 Å². The highest BCUT2D eigenvalue weighted by molar-refractivity contribution is 5.82. The van der Waals surface area contributed by atoms with Gasteiger partial charge < -0.3 is 16.2 Å². The molecule has 4 heteroatoms. The van der Waals surface area contributed by atoms with E-state index in [0.717, 1.165) is 5.57 Å². The zero-order valence-electron chi connectivity index (χ0n) is 19.4. The van der Waals surface area contributed by atoms with Gasteiger partial charge in [-0.3, -0.25) is 4.79 Å². The van der Waals surface area contributed by atoms with E-state index in [4.69, 9.17) is 16.2 Å². The van der Waals surface area contributed by atoms with E-state index >= 15 is 0 Å². The molecule has 1 rings (SSSR count). The molecule has 1 atom stereocenters. The van der Waals surface area contributed by atoms with Crippen LogP contribution in [-0.2, 0) is 4.79 Å². The van der Waals surface area contributed by atoms with Crippen LogP contribution in [0.2, 0.25) is 0 Å². The summed E-state index contributed by atoms with van der Waals surface area (Å²) >= 11 is 0. The first kappa shape index (κ1) is 25.8. The SMILES string of the molecule is CC(C=CC1=C(C)CCCC1(C)C)=CC=CC(C)=CCC(=N)CCC[C@H](N)C(=O)O. The van der Waals surface area contributed by atoms with Crippen molar-refractivity contribution in [3.05, 3.63) is 58.7 Å². The predicted molar refractivity (Wildman–Crippen MR) is 128 cm³/mol. The zero-order chi connectivity index (χ0) is 22.7. The second-order valence-corrected chi connectivity index (χ2v) is 9.13. The lowest BCUT2D eigenvalue weighted by atomic mass is 9.72. The molecule has 0 unspecified atom stereocenters. The van der Waals surface area contributed by atoms with Gasteiger partial charge in [0.1, 0.15) is 6.04 Å². The molecule has 0 radical (unpaired) electrons. The lowest BCUT2D eigenvalue weighted by Crippen LogP contribution is -2.29. The average molecular weight is 413 g/mol. The van der Waals surface area contributed by atoms with Crippen LogP contribution < -0.4 is 5.73 Å². The third-order valence-corrected chi connectivity index (χ3v) is 5.75. The van der Waals surface area contributed by atoms with E-state index in [2.05, 4.69) is 52.0 Å². The quantitative estimate of drug-likeness (QED) is 0.267.